The zero-order chi connectivity index (χ0) is 10.2. The van der Waals surface area contributed by atoms with Gasteiger partial charge < -0.3 is 5.32 Å². The molecule has 0 saturated carbocycles. The van der Waals surface area contributed by atoms with E-state index in [4.69, 9.17) is 11.6 Å². The van der Waals surface area contributed by atoms with Gasteiger partial charge in [0.25, 0.3) is 0 Å². The molecule has 1 nitrogen and oxygen atoms in total. The lowest BCUT2D eigenvalue weighted by Crippen LogP contribution is -2.01. The number of halogens is 1. The minimum atomic E-state index is 0.808. The molecule has 0 amide bonds. The summed E-state index contributed by atoms with van der Waals surface area (Å²) in [6, 6.07) is 7.88. The number of nitrogens with one attached hydrogen (secondary N) is 1. The fourth-order valence-corrected chi connectivity index (χ4v) is 1.58. The molecule has 78 valence electrons. The molecule has 1 aromatic rings. The summed E-state index contributed by atoms with van der Waals surface area (Å²) in [5, 5.41) is 4.15. The number of rotatable bonds is 6. The third-order valence-corrected chi connectivity index (χ3v) is 2.55. The maximum atomic E-state index is 6.00. The lowest BCUT2D eigenvalue weighted by molar-refractivity contribution is 0.685. The van der Waals surface area contributed by atoms with Crippen LogP contribution in [0.15, 0.2) is 24.3 Å². The number of hydrogen-bond acceptors (Lipinski definition) is 1. The van der Waals surface area contributed by atoms with Crippen LogP contribution in [0.3, 0.4) is 0 Å². The van der Waals surface area contributed by atoms with Crippen molar-refractivity contribution in [1.29, 1.82) is 0 Å². The van der Waals surface area contributed by atoms with E-state index in [9.17, 15) is 0 Å². The first-order chi connectivity index (χ1) is 6.84. The lowest BCUT2D eigenvalue weighted by atomic mass is 10.2. The highest BCUT2D eigenvalue weighted by Crippen LogP contribution is 2.20. The van der Waals surface area contributed by atoms with Crippen LogP contribution < -0.4 is 5.32 Å². The molecule has 0 atom stereocenters. The molecule has 1 aromatic carbocycles. The molecule has 0 aromatic heterocycles. The van der Waals surface area contributed by atoms with Gasteiger partial charge in [-0.15, -0.1) is 0 Å². The Hall–Kier alpha value is -0.690. The average molecular weight is 212 g/mol. The number of benzene rings is 1. The van der Waals surface area contributed by atoms with Crippen LogP contribution in [0.1, 0.15) is 32.6 Å². The van der Waals surface area contributed by atoms with E-state index in [0.29, 0.717) is 0 Å². The van der Waals surface area contributed by atoms with E-state index in [1.807, 2.05) is 24.3 Å². The van der Waals surface area contributed by atoms with Crippen molar-refractivity contribution < 1.29 is 0 Å². The Balaban J connectivity index is 2.21. The van der Waals surface area contributed by atoms with E-state index in [0.717, 1.165) is 17.3 Å². The predicted octanol–water partition coefficient (Wildman–Crippen LogP) is 4.33. The van der Waals surface area contributed by atoms with Gasteiger partial charge >= 0.3 is 0 Å². The third kappa shape index (κ3) is 4.01. The fourth-order valence-electron chi connectivity index (χ4n) is 1.38. The molecule has 0 spiro atoms. The molecule has 0 bridgehead atoms. The van der Waals surface area contributed by atoms with E-state index >= 15 is 0 Å². The number of unbranched alkanes of at least 4 members (excludes halogenated alkanes) is 3. The molecule has 0 aliphatic heterocycles. The normalized spacial score (nSPS) is 10.1. The molecule has 0 aliphatic carbocycles. The van der Waals surface area contributed by atoms with E-state index in [1.54, 1.807) is 0 Å². The van der Waals surface area contributed by atoms with Gasteiger partial charge in [0, 0.05) is 6.54 Å². The van der Waals surface area contributed by atoms with E-state index < -0.39 is 0 Å². The van der Waals surface area contributed by atoms with Crippen LogP contribution in [-0.4, -0.2) is 6.54 Å². The minimum absolute atomic E-state index is 0.808. The van der Waals surface area contributed by atoms with Crippen LogP contribution in [0.2, 0.25) is 5.02 Å². The number of hydrogen-bond donors (Lipinski definition) is 1. The van der Waals surface area contributed by atoms with Crippen LogP contribution in [0.4, 0.5) is 5.69 Å². The molecule has 1 rings (SSSR count). The molecule has 0 radical (unpaired) electrons. The molecule has 1 N–H and O–H groups in total. The van der Waals surface area contributed by atoms with Crippen LogP contribution in [0, 0.1) is 0 Å². The van der Waals surface area contributed by atoms with Gasteiger partial charge in [-0.05, 0) is 18.6 Å². The maximum absolute atomic E-state index is 6.00. The van der Waals surface area contributed by atoms with Gasteiger partial charge in [-0.3, -0.25) is 0 Å². The number of para-hydroxylation sites is 1. The zero-order valence-electron chi connectivity index (χ0n) is 8.72. The number of anilines is 1. The molecule has 0 unspecified atom stereocenters. The smallest absolute Gasteiger partial charge is 0.0637 e. The summed E-state index contributed by atoms with van der Waals surface area (Å²) in [5.41, 5.74) is 1.05. The summed E-state index contributed by atoms with van der Waals surface area (Å²) in [5.74, 6) is 0. The van der Waals surface area contributed by atoms with Crippen LogP contribution in [-0.2, 0) is 0 Å². The molecule has 0 aliphatic rings. The Bertz CT molecular complexity index is 260. The van der Waals surface area contributed by atoms with Crippen LogP contribution >= 0.6 is 11.6 Å². The molecular weight excluding hydrogens is 194 g/mol. The first kappa shape index (κ1) is 11.4. The molecule has 2 heteroatoms. The van der Waals surface area contributed by atoms with Gasteiger partial charge in [-0.1, -0.05) is 49.9 Å². The summed E-state index contributed by atoms with van der Waals surface area (Å²) in [7, 11) is 0. The maximum Gasteiger partial charge on any atom is 0.0637 e. The van der Waals surface area contributed by atoms with Crippen LogP contribution in [0.25, 0.3) is 0 Å². The minimum Gasteiger partial charge on any atom is -0.384 e. The van der Waals surface area contributed by atoms with Gasteiger partial charge in [-0.2, -0.15) is 0 Å². The van der Waals surface area contributed by atoms with Crippen LogP contribution in [0.5, 0.6) is 0 Å². The van der Waals surface area contributed by atoms with E-state index in [2.05, 4.69) is 12.2 Å². The van der Waals surface area contributed by atoms with E-state index in [-0.39, 0.29) is 0 Å². The highest BCUT2D eigenvalue weighted by atomic mass is 35.5. The monoisotopic (exact) mass is 211 g/mol. The second-order valence-corrected chi connectivity index (χ2v) is 3.87. The molecule has 0 saturated heterocycles. The molecule has 14 heavy (non-hydrogen) atoms. The average Bonchev–Trinajstić information content (AvgIpc) is 2.20. The van der Waals surface area contributed by atoms with Crippen molar-refractivity contribution in [2.24, 2.45) is 0 Å². The summed E-state index contributed by atoms with van der Waals surface area (Å²) in [6.07, 6.45) is 5.13. The van der Waals surface area contributed by atoms with Gasteiger partial charge in [0.2, 0.25) is 0 Å². The Labute approximate surface area is 91.5 Å². The third-order valence-electron chi connectivity index (χ3n) is 2.22. The molecule has 0 fully saturated rings. The lowest BCUT2D eigenvalue weighted by Gasteiger charge is -2.07. The summed E-state index contributed by atoms with van der Waals surface area (Å²) < 4.78 is 0. The highest BCUT2D eigenvalue weighted by Gasteiger charge is 1.96. The Morgan fingerprint density at radius 1 is 1.14 bits per heavy atom. The first-order valence-corrected chi connectivity index (χ1v) is 5.70. The van der Waals surface area contributed by atoms with Crippen molar-refractivity contribution in [3.63, 3.8) is 0 Å². The molecular formula is C12H18ClN. The van der Waals surface area contributed by atoms with Crippen molar-refractivity contribution in [2.75, 3.05) is 11.9 Å². The van der Waals surface area contributed by atoms with Gasteiger partial charge in [0.1, 0.15) is 0 Å². The summed E-state index contributed by atoms with van der Waals surface area (Å²) in [4.78, 5) is 0. The second-order valence-electron chi connectivity index (χ2n) is 3.47. The predicted molar refractivity (Wildman–Crippen MR) is 64.1 cm³/mol. The van der Waals surface area contributed by atoms with Crippen molar-refractivity contribution in [1.82, 2.24) is 0 Å². The van der Waals surface area contributed by atoms with Gasteiger partial charge in [-0.25, -0.2) is 0 Å². The topological polar surface area (TPSA) is 12.0 Å². The largest absolute Gasteiger partial charge is 0.384 e. The van der Waals surface area contributed by atoms with Crippen molar-refractivity contribution >= 4 is 17.3 Å². The quantitative estimate of drug-likeness (QED) is 0.691. The highest BCUT2D eigenvalue weighted by molar-refractivity contribution is 6.33. The Kier molecular flexibility index (Phi) is 5.46. The van der Waals surface area contributed by atoms with Crippen molar-refractivity contribution in [3.05, 3.63) is 29.3 Å². The first-order valence-electron chi connectivity index (χ1n) is 5.33. The van der Waals surface area contributed by atoms with Crippen molar-refractivity contribution in [2.45, 2.75) is 32.6 Å². The van der Waals surface area contributed by atoms with Gasteiger partial charge in [0.15, 0.2) is 0 Å². The Morgan fingerprint density at radius 2 is 1.93 bits per heavy atom. The summed E-state index contributed by atoms with van der Waals surface area (Å²) in [6.45, 7) is 3.24. The Morgan fingerprint density at radius 3 is 2.64 bits per heavy atom. The second kappa shape index (κ2) is 6.72. The van der Waals surface area contributed by atoms with E-state index in [1.165, 1.54) is 25.7 Å². The fraction of sp³-hybridized carbons (Fsp3) is 0.500. The van der Waals surface area contributed by atoms with Gasteiger partial charge in [0.05, 0.1) is 10.7 Å². The van der Waals surface area contributed by atoms with Crippen molar-refractivity contribution in [3.8, 4) is 0 Å². The summed E-state index contributed by atoms with van der Waals surface area (Å²) >= 11 is 6.00. The molecule has 0 heterocycles. The standard InChI is InChI=1S/C12H18ClN/c1-2-3-4-7-10-14-12-9-6-5-8-11(12)13/h5-6,8-9,14H,2-4,7,10H2,1H3. The SMILES string of the molecule is CCCCCCNc1ccccc1Cl. The zero-order valence-corrected chi connectivity index (χ0v) is 9.48.